The van der Waals surface area contributed by atoms with Crippen molar-refractivity contribution in [1.29, 1.82) is 0 Å². The number of hydrogen-bond acceptors (Lipinski definition) is 0. The molecule has 0 aliphatic carbocycles. The van der Waals surface area contributed by atoms with Gasteiger partial charge in [-0.2, -0.15) is 0 Å². The van der Waals surface area contributed by atoms with Gasteiger partial charge < -0.3 is 0 Å². The van der Waals surface area contributed by atoms with Crippen LogP contribution in [0.25, 0.3) is 0 Å². The van der Waals surface area contributed by atoms with Crippen molar-refractivity contribution < 1.29 is 0 Å². The Kier molecular flexibility index (Phi) is 9.97. The summed E-state index contributed by atoms with van der Waals surface area (Å²) in [5.74, 6) is 3.63. The first-order valence-electron chi connectivity index (χ1n) is 7.97. The van der Waals surface area contributed by atoms with Crippen LogP contribution in [-0.4, -0.2) is 0 Å². The Bertz CT molecular complexity index is 159. The fraction of sp³-hybridized carbons (Fsp3) is 1.00. The maximum atomic E-state index is 2.46. The van der Waals surface area contributed by atoms with E-state index in [1.165, 1.54) is 44.9 Å². The van der Waals surface area contributed by atoms with Crippen molar-refractivity contribution in [1.82, 2.24) is 0 Å². The molecule has 0 aromatic rings. The van der Waals surface area contributed by atoms with Crippen LogP contribution in [-0.2, 0) is 0 Å². The average Bonchev–Trinajstić information content (AvgIpc) is 2.25. The molecule has 0 rings (SSSR count). The lowest BCUT2D eigenvalue weighted by molar-refractivity contribution is 0.280. The maximum absolute atomic E-state index is 2.46. The van der Waals surface area contributed by atoms with Crippen molar-refractivity contribution in [3.8, 4) is 0 Å². The third kappa shape index (κ3) is 9.68. The van der Waals surface area contributed by atoms with Crippen LogP contribution in [0.2, 0.25) is 0 Å². The molecule has 0 aromatic heterocycles. The number of hydrogen-bond donors (Lipinski definition) is 0. The van der Waals surface area contributed by atoms with Crippen LogP contribution in [0.5, 0.6) is 0 Å². The Morgan fingerprint density at radius 1 is 0.706 bits per heavy atom. The summed E-state index contributed by atoms with van der Waals surface area (Å²) in [7, 11) is 0. The van der Waals surface area contributed by atoms with Gasteiger partial charge in [-0.15, -0.1) is 0 Å². The molecule has 3 unspecified atom stereocenters. The lowest BCUT2D eigenvalue weighted by Crippen LogP contribution is -2.12. The summed E-state index contributed by atoms with van der Waals surface area (Å²) in [4.78, 5) is 0. The molecule has 0 aromatic carbocycles. The van der Waals surface area contributed by atoms with Crippen molar-refractivity contribution in [2.24, 2.45) is 23.7 Å². The molecule has 104 valence electrons. The highest BCUT2D eigenvalue weighted by Gasteiger charge is 2.15. The predicted octanol–water partition coefficient (Wildman–Crippen LogP) is 6.30. The highest BCUT2D eigenvalue weighted by atomic mass is 14.2. The van der Waals surface area contributed by atoms with Gasteiger partial charge in [0.1, 0.15) is 0 Å². The van der Waals surface area contributed by atoms with Gasteiger partial charge in [-0.3, -0.25) is 0 Å². The summed E-state index contributed by atoms with van der Waals surface area (Å²) in [6, 6.07) is 0. The van der Waals surface area contributed by atoms with E-state index < -0.39 is 0 Å². The van der Waals surface area contributed by atoms with E-state index in [1.54, 1.807) is 0 Å². The van der Waals surface area contributed by atoms with Gasteiger partial charge in [-0.25, -0.2) is 0 Å². The van der Waals surface area contributed by atoms with Gasteiger partial charge >= 0.3 is 0 Å². The van der Waals surface area contributed by atoms with Crippen LogP contribution < -0.4 is 0 Å². The lowest BCUT2D eigenvalue weighted by atomic mass is 9.83. The highest BCUT2D eigenvalue weighted by molar-refractivity contribution is 4.66. The van der Waals surface area contributed by atoms with Gasteiger partial charge in [0, 0.05) is 0 Å². The van der Waals surface area contributed by atoms with Gasteiger partial charge in [0.15, 0.2) is 0 Å². The summed E-state index contributed by atoms with van der Waals surface area (Å²) in [6.45, 7) is 14.3. The molecular formula is C17H36. The smallest absolute Gasteiger partial charge is 0.0414 e. The van der Waals surface area contributed by atoms with Crippen LogP contribution in [0.4, 0.5) is 0 Å². The van der Waals surface area contributed by atoms with Gasteiger partial charge in [-0.1, -0.05) is 80.1 Å². The van der Waals surface area contributed by atoms with E-state index in [1.807, 2.05) is 0 Å². The van der Waals surface area contributed by atoms with Crippen LogP contribution in [0.3, 0.4) is 0 Å². The topological polar surface area (TPSA) is 0 Å². The molecule has 0 aliphatic rings. The minimum atomic E-state index is 0.876. The zero-order chi connectivity index (χ0) is 13.3. The minimum Gasteiger partial charge on any atom is -0.0654 e. The van der Waals surface area contributed by atoms with Crippen molar-refractivity contribution in [2.45, 2.75) is 86.5 Å². The molecule has 0 aliphatic heterocycles. The monoisotopic (exact) mass is 240 g/mol. The molecule has 3 atom stereocenters. The fourth-order valence-electron chi connectivity index (χ4n) is 2.67. The van der Waals surface area contributed by atoms with Crippen LogP contribution >= 0.6 is 0 Å². The van der Waals surface area contributed by atoms with Crippen LogP contribution in [0.15, 0.2) is 0 Å². The Hall–Kier alpha value is 0. The third-order valence-electron chi connectivity index (χ3n) is 4.24. The minimum absolute atomic E-state index is 0.876. The van der Waals surface area contributed by atoms with Crippen molar-refractivity contribution in [3.05, 3.63) is 0 Å². The standard InChI is InChI=1S/C17H36/c1-7-8-11-15(4)13-17(6)16(5)12-9-10-14(2)3/h14-17H,7-13H2,1-6H3. The Morgan fingerprint density at radius 3 is 1.88 bits per heavy atom. The molecule has 0 saturated heterocycles. The fourth-order valence-corrected chi connectivity index (χ4v) is 2.67. The van der Waals surface area contributed by atoms with E-state index in [9.17, 15) is 0 Å². The molecule has 0 bridgehead atoms. The first-order valence-corrected chi connectivity index (χ1v) is 7.97. The van der Waals surface area contributed by atoms with Crippen molar-refractivity contribution in [3.63, 3.8) is 0 Å². The molecular weight excluding hydrogens is 204 g/mol. The molecule has 17 heavy (non-hydrogen) atoms. The maximum Gasteiger partial charge on any atom is -0.0414 e. The summed E-state index contributed by atoms with van der Waals surface area (Å²) in [5.41, 5.74) is 0. The summed E-state index contributed by atoms with van der Waals surface area (Å²) >= 11 is 0. The normalized spacial score (nSPS) is 17.1. The largest absolute Gasteiger partial charge is 0.0654 e. The first-order chi connectivity index (χ1) is 7.97. The molecule has 0 heteroatoms. The quantitative estimate of drug-likeness (QED) is 0.420. The molecule has 0 N–H and O–H groups in total. The van der Waals surface area contributed by atoms with Gasteiger partial charge in [0.05, 0.1) is 0 Å². The highest BCUT2D eigenvalue weighted by Crippen LogP contribution is 2.27. The number of rotatable bonds is 10. The lowest BCUT2D eigenvalue weighted by Gasteiger charge is -2.23. The van der Waals surface area contributed by atoms with Gasteiger partial charge in [0.2, 0.25) is 0 Å². The second-order valence-corrected chi connectivity index (χ2v) is 6.76. The molecule has 0 radical (unpaired) electrons. The van der Waals surface area contributed by atoms with E-state index >= 15 is 0 Å². The van der Waals surface area contributed by atoms with E-state index in [0.717, 1.165) is 23.7 Å². The van der Waals surface area contributed by atoms with Crippen LogP contribution in [0, 0.1) is 23.7 Å². The zero-order valence-corrected chi connectivity index (χ0v) is 13.3. The summed E-state index contributed by atoms with van der Waals surface area (Å²) in [6.07, 6.45) is 9.88. The van der Waals surface area contributed by atoms with Crippen molar-refractivity contribution >= 4 is 0 Å². The van der Waals surface area contributed by atoms with E-state index in [-0.39, 0.29) is 0 Å². The molecule has 0 amide bonds. The van der Waals surface area contributed by atoms with Crippen molar-refractivity contribution in [2.75, 3.05) is 0 Å². The van der Waals surface area contributed by atoms with E-state index in [0.29, 0.717) is 0 Å². The molecule has 0 nitrogen and oxygen atoms in total. The molecule has 0 spiro atoms. The summed E-state index contributed by atoms with van der Waals surface area (Å²) in [5, 5.41) is 0. The second kappa shape index (κ2) is 9.97. The molecule has 0 saturated carbocycles. The number of unbranched alkanes of at least 4 members (excludes halogenated alkanes) is 1. The van der Waals surface area contributed by atoms with E-state index in [2.05, 4.69) is 41.5 Å². The third-order valence-corrected chi connectivity index (χ3v) is 4.24. The SMILES string of the molecule is CCCCC(C)CC(C)C(C)CCCC(C)C. The zero-order valence-electron chi connectivity index (χ0n) is 13.3. The molecule has 0 heterocycles. The van der Waals surface area contributed by atoms with Gasteiger partial charge in [0.25, 0.3) is 0 Å². The Morgan fingerprint density at radius 2 is 1.35 bits per heavy atom. The second-order valence-electron chi connectivity index (χ2n) is 6.76. The molecule has 0 fully saturated rings. The average molecular weight is 240 g/mol. The van der Waals surface area contributed by atoms with E-state index in [4.69, 9.17) is 0 Å². The Balaban J connectivity index is 3.68. The Labute approximate surface area is 111 Å². The van der Waals surface area contributed by atoms with Crippen LogP contribution in [0.1, 0.15) is 86.5 Å². The summed E-state index contributed by atoms with van der Waals surface area (Å²) < 4.78 is 0. The van der Waals surface area contributed by atoms with Gasteiger partial charge in [-0.05, 0) is 30.1 Å². The predicted molar refractivity (Wildman–Crippen MR) is 80.3 cm³/mol. The first kappa shape index (κ1) is 17.0.